The van der Waals surface area contributed by atoms with Crippen LogP contribution in [0.3, 0.4) is 0 Å². The molecule has 2 nitrogen and oxygen atoms in total. The van der Waals surface area contributed by atoms with Gasteiger partial charge in [-0.25, -0.2) is 8.78 Å². The van der Waals surface area contributed by atoms with E-state index >= 15 is 0 Å². The number of benzene rings is 1. The second-order valence-electron chi connectivity index (χ2n) is 2.40. The maximum absolute atomic E-state index is 12.6. The molecule has 0 atom stereocenters. The van der Waals surface area contributed by atoms with E-state index in [0.29, 0.717) is 11.3 Å². The highest BCUT2D eigenvalue weighted by Gasteiger charge is 2.02. The van der Waals surface area contributed by atoms with Crippen molar-refractivity contribution in [2.45, 2.75) is 5.75 Å². The molecule has 0 aliphatic carbocycles. The largest absolute Gasteiger partial charge is 0.379 e. The number of rotatable bonds is 2. The van der Waals surface area contributed by atoms with Crippen molar-refractivity contribution >= 4 is 16.9 Å². The van der Waals surface area contributed by atoms with Gasteiger partial charge < -0.3 is 5.73 Å². The first-order valence-corrected chi connectivity index (χ1v) is 4.49. The van der Waals surface area contributed by atoms with Gasteiger partial charge in [0, 0.05) is 5.75 Å². The minimum absolute atomic E-state index is 0.0373. The molecule has 70 valence electrons. The second kappa shape index (κ2) is 4.23. The molecular formula is C8H8F2N2S. The van der Waals surface area contributed by atoms with E-state index < -0.39 is 11.6 Å². The van der Waals surface area contributed by atoms with E-state index in [2.05, 4.69) is 0 Å². The molecule has 0 unspecified atom stereocenters. The van der Waals surface area contributed by atoms with Crippen LogP contribution in [-0.2, 0) is 5.75 Å². The molecule has 1 rings (SSSR count). The van der Waals surface area contributed by atoms with Crippen molar-refractivity contribution in [2.24, 2.45) is 5.73 Å². The summed E-state index contributed by atoms with van der Waals surface area (Å²) in [6.45, 7) is 0. The van der Waals surface area contributed by atoms with Gasteiger partial charge in [-0.2, -0.15) is 0 Å². The minimum atomic E-state index is -0.873. The summed E-state index contributed by atoms with van der Waals surface area (Å²) in [7, 11) is 0. The van der Waals surface area contributed by atoms with Crippen LogP contribution in [0.4, 0.5) is 8.78 Å². The van der Waals surface area contributed by atoms with Gasteiger partial charge in [-0.3, -0.25) is 5.41 Å². The maximum atomic E-state index is 12.6. The third kappa shape index (κ3) is 3.02. The van der Waals surface area contributed by atoms with Crippen LogP contribution in [0, 0.1) is 17.0 Å². The van der Waals surface area contributed by atoms with Crippen molar-refractivity contribution in [1.82, 2.24) is 0 Å². The highest BCUT2D eigenvalue weighted by Crippen LogP contribution is 2.14. The molecule has 0 bridgehead atoms. The van der Waals surface area contributed by atoms with Crippen LogP contribution in [-0.4, -0.2) is 5.17 Å². The van der Waals surface area contributed by atoms with Gasteiger partial charge in [0.25, 0.3) is 0 Å². The molecule has 0 aliphatic heterocycles. The van der Waals surface area contributed by atoms with Crippen LogP contribution in [0.2, 0.25) is 0 Å². The van der Waals surface area contributed by atoms with E-state index in [1.165, 1.54) is 6.07 Å². The van der Waals surface area contributed by atoms with Crippen LogP contribution in [0.5, 0.6) is 0 Å². The lowest BCUT2D eigenvalue weighted by molar-refractivity contribution is 0.507. The lowest BCUT2D eigenvalue weighted by Gasteiger charge is -2.00. The number of amidine groups is 1. The van der Waals surface area contributed by atoms with Gasteiger partial charge in [-0.1, -0.05) is 17.8 Å². The average molecular weight is 202 g/mol. The minimum Gasteiger partial charge on any atom is -0.379 e. The summed E-state index contributed by atoms with van der Waals surface area (Å²) in [4.78, 5) is 0. The molecule has 13 heavy (non-hydrogen) atoms. The SMILES string of the molecule is N=C(N)SCc1ccc(F)c(F)c1. The first kappa shape index (κ1) is 9.98. The van der Waals surface area contributed by atoms with E-state index in [1.807, 2.05) is 0 Å². The Hall–Kier alpha value is -1.10. The predicted octanol–water partition coefficient (Wildman–Crippen LogP) is 2.09. The summed E-state index contributed by atoms with van der Waals surface area (Å²) in [5.41, 5.74) is 5.70. The van der Waals surface area contributed by atoms with Crippen LogP contribution in [0.1, 0.15) is 5.56 Å². The highest BCUT2D eigenvalue weighted by molar-refractivity contribution is 8.13. The molecule has 0 spiro atoms. The first-order chi connectivity index (χ1) is 6.09. The molecule has 3 N–H and O–H groups in total. The van der Waals surface area contributed by atoms with Crippen molar-refractivity contribution in [3.63, 3.8) is 0 Å². The van der Waals surface area contributed by atoms with Gasteiger partial charge in [0.2, 0.25) is 0 Å². The molecule has 0 amide bonds. The van der Waals surface area contributed by atoms with Crippen molar-refractivity contribution < 1.29 is 8.78 Å². The van der Waals surface area contributed by atoms with Crippen molar-refractivity contribution in [2.75, 3.05) is 0 Å². The molecule has 0 heterocycles. The van der Waals surface area contributed by atoms with E-state index in [4.69, 9.17) is 11.1 Å². The van der Waals surface area contributed by atoms with Gasteiger partial charge in [0.1, 0.15) is 0 Å². The summed E-state index contributed by atoms with van der Waals surface area (Å²) >= 11 is 1.07. The van der Waals surface area contributed by atoms with Crippen LogP contribution >= 0.6 is 11.8 Å². The number of thioether (sulfide) groups is 1. The van der Waals surface area contributed by atoms with Gasteiger partial charge in [-0.05, 0) is 17.7 Å². The van der Waals surface area contributed by atoms with E-state index in [1.54, 1.807) is 0 Å². The maximum Gasteiger partial charge on any atom is 0.159 e. The number of halogens is 2. The summed E-state index contributed by atoms with van der Waals surface area (Å²) in [5.74, 6) is -1.36. The molecule has 0 saturated carbocycles. The fraction of sp³-hybridized carbons (Fsp3) is 0.125. The summed E-state index contributed by atoms with van der Waals surface area (Å²) in [5, 5.41) is 6.88. The Kier molecular flexibility index (Phi) is 3.25. The zero-order valence-electron chi connectivity index (χ0n) is 6.68. The third-order valence-corrected chi connectivity index (χ3v) is 2.17. The number of nitrogens with one attached hydrogen (secondary N) is 1. The zero-order valence-corrected chi connectivity index (χ0v) is 7.50. The Balaban J connectivity index is 2.68. The van der Waals surface area contributed by atoms with Crippen LogP contribution < -0.4 is 5.73 Å². The average Bonchev–Trinajstić information content (AvgIpc) is 2.07. The lowest BCUT2D eigenvalue weighted by atomic mass is 10.2. The Morgan fingerprint density at radius 1 is 1.38 bits per heavy atom. The first-order valence-electron chi connectivity index (χ1n) is 3.50. The second-order valence-corrected chi connectivity index (χ2v) is 3.42. The molecule has 1 aromatic rings. The third-order valence-electron chi connectivity index (χ3n) is 1.38. The predicted molar refractivity (Wildman–Crippen MR) is 49.6 cm³/mol. The van der Waals surface area contributed by atoms with E-state index in [-0.39, 0.29) is 5.17 Å². The highest BCUT2D eigenvalue weighted by atomic mass is 32.2. The smallest absolute Gasteiger partial charge is 0.159 e. The van der Waals surface area contributed by atoms with Crippen molar-refractivity contribution in [3.05, 3.63) is 35.4 Å². The Morgan fingerprint density at radius 3 is 2.62 bits per heavy atom. The number of nitrogens with two attached hydrogens (primary N) is 1. The quantitative estimate of drug-likeness (QED) is 0.570. The van der Waals surface area contributed by atoms with Crippen LogP contribution in [0.15, 0.2) is 18.2 Å². The number of hydrogen-bond donors (Lipinski definition) is 2. The molecule has 5 heteroatoms. The standard InChI is InChI=1S/C8H8F2N2S/c9-6-2-1-5(3-7(6)10)4-13-8(11)12/h1-3H,4H2,(H3,11,12). The Bertz CT molecular complexity index is 328. The fourth-order valence-corrected chi connectivity index (χ4v) is 1.29. The van der Waals surface area contributed by atoms with Crippen molar-refractivity contribution in [3.8, 4) is 0 Å². The molecule has 0 aliphatic rings. The molecular weight excluding hydrogens is 194 g/mol. The Morgan fingerprint density at radius 2 is 2.08 bits per heavy atom. The Labute approximate surface area is 78.6 Å². The molecule has 0 saturated heterocycles. The monoisotopic (exact) mass is 202 g/mol. The summed E-state index contributed by atoms with van der Waals surface area (Å²) < 4.78 is 25.1. The van der Waals surface area contributed by atoms with Gasteiger partial charge in [-0.15, -0.1) is 0 Å². The van der Waals surface area contributed by atoms with Gasteiger partial charge in [0.15, 0.2) is 16.8 Å². The number of hydrogen-bond acceptors (Lipinski definition) is 2. The van der Waals surface area contributed by atoms with Crippen LogP contribution in [0.25, 0.3) is 0 Å². The molecule has 0 radical (unpaired) electrons. The zero-order chi connectivity index (χ0) is 9.84. The fourth-order valence-electron chi connectivity index (χ4n) is 0.791. The molecule has 1 aromatic carbocycles. The lowest BCUT2D eigenvalue weighted by Crippen LogP contribution is -2.03. The topological polar surface area (TPSA) is 49.9 Å². The summed E-state index contributed by atoms with van der Waals surface area (Å²) in [6, 6.07) is 3.63. The molecule has 0 aromatic heterocycles. The van der Waals surface area contributed by atoms with Gasteiger partial charge in [0.05, 0.1) is 0 Å². The molecule has 0 fully saturated rings. The van der Waals surface area contributed by atoms with E-state index in [0.717, 1.165) is 23.9 Å². The normalized spacial score (nSPS) is 10.0. The van der Waals surface area contributed by atoms with Gasteiger partial charge >= 0.3 is 0 Å². The van der Waals surface area contributed by atoms with E-state index in [9.17, 15) is 8.78 Å². The van der Waals surface area contributed by atoms with Crippen molar-refractivity contribution in [1.29, 1.82) is 5.41 Å². The summed E-state index contributed by atoms with van der Waals surface area (Å²) in [6.07, 6.45) is 0.